The summed E-state index contributed by atoms with van der Waals surface area (Å²) in [5.41, 5.74) is 0. The van der Waals surface area contributed by atoms with Gasteiger partial charge in [-0.25, -0.2) is 0 Å². The molecule has 112 valence electrons. The molecule has 1 aliphatic carbocycles. The van der Waals surface area contributed by atoms with Gasteiger partial charge >= 0.3 is 0 Å². The summed E-state index contributed by atoms with van der Waals surface area (Å²) in [5.74, 6) is 2.51. The molecular formula is C16H32N2O. The first-order valence-electron chi connectivity index (χ1n) is 8.06. The average molecular weight is 268 g/mol. The van der Waals surface area contributed by atoms with Gasteiger partial charge in [0.25, 0.3) is 0 Å². The van der Waals surface area contributed by atoms with Gasteiger partial charge in [-0.05, 0) is 57.0 Å². The summed E-state index contributed by atoms with van der Waals surface area (Å²) in [6, 6.07) is 0.696. The Kier molecular flexibility index (Phi) is 5.67. The number of likely N-dealkylation sites (tertiary alicyclic amines) is 1. The quantitative estimate of drug-likeness (QED) is 0.847. The normalized spacial score (nSPS) is 41.4. The van der Waals surface area contributed by atoms with E-state index in [2.05, 4.69) is 31.1 Å². The van der Waals surface area contributed by atoms with Crippen LogP contribution in [0.15, 0.2) is 0 Å². The van der Waals surface area contributed by atoms with Crippen molar-refractivity contribution in [3.05, 3.63) is 0 Å². The zero-order valence-electron chi connectivity index (χ0n) is 13.2. The molecule has 0 radical (unpaired) electrons. The van der Waals surface area contributed by atoms with Crippen LogP contribution in [0.4, 0.5) is 0 Å². The number of methoxy groups -OCH3 is 1. The van der Waals surface area contributed by atoms with Crippen molar-refractivity contribution in [1.82, 2.24) is 10.2 Å². The molecular weight excluding hydrogens is 236 g/mol. The number of nitrogens with one attached hydrogen (secondary N) is 1. The fraction of sp³-hybridized carbons (Fsp3) is 1.00. The van der Waals surface area contributed by atoms with E-state index in [1.807, 2.05) is 7.11 Å². The summed E-state index contributed by atoms with van der Waals surface area (Å²) < 4.78 is 5.55. The molecule has 0 aromatic heterocycles. The van der Waals surface area contributed by atoms with Gasteiger partial charge in [-0.15, -0.1) is 0 Å². The molecule has 0 aromatic rings. The Morgan fingerprint density at radius 3 is 2.74 bits per heavy atom. The Bertz CT molecular complexity index is 271. The fourth-order valence-electron chi connectivity index (χ4n) is 4.22. The Labute approximate surface area is 119 Å². The van der Waals surface area contributed by atoms with Crippen molar-refractivity contribution in [2.24, 2.45) is 17.8 Å². The van der Waals surface area contributed by atoms with E-state index < -0.39 is 0 Å². The minimum atomic E-state index is 0.458. The lowest BCUT2D eigenvalue weighted by atomic mass is 9.72. The molecule has 1 heterocycles. The van der Waals surface area contributed by atoms with Crippen molar-refractivity contribution in [1.29, 1.82) is 0 Å². The van der Waals surface area contributed by atoms with Crippen LogP contribution in [-0.2, 0) is 4.74 Å². The predicted octanol–water partition coefficient (Wildman–Crippen LogP) is 2.37. The summed E-state index contributed by atoms with van der Waals surface area (Å²) >= 11 is 0. The van der Waals surface area contributed by atoms with Crippen LogP contribution >= 0.6 is 0 Å². The van der Waals surface area contributed by atoms with E-state index in [9.17, 15) is 0 Å². The van der Waals surface area contributed by atoms with Crippen molar-refractivity contribution >= 4 is 0 Å². The molecule has 2 rings (SSSR count). The summed E-state index contributed by atoms with van der Waals surface area (Å²) in [6.45, 7) is 8.49. The fourth-order valence-corrected chi connectivity index (χ4v) is 4.22. The molecule has 3 nitrogen and oxygen atoms in total. The van der Waals surface area contributed by atoms with E-state index in [0.717, 1.165) is 24.3 Å². The highest BCUT2D eigenvalue weighted by Gasteiger charge is 2.34. The Morgan fingerprint density at radius 2 is 2.05 bits per heavy atom. The van der Waals surface area contributed by atoms with Gasteiger partial charge < -0.3 is 15.0 Å². The molecule has 5 atom stereocenters. The highest BCUT2D eigenvalue weighted by molar-refractivity contribution is 4.89. The first kappa shape index (κ1) is 15.3. The van der Waals surface area contributed by atoms with Crippen molar-refractivity contribution in [3.63, 3.8) is 0 Å². The molecule has 1 aliphatic heterocycles. The predicted molar refractivity (Wildman–Crippen MR) is 80.4 cm³/mol. The zero-order chi connectivity index (χ0) is 13.8. The third-order valence-electron chi connectivity index (χ3n) is 5.31. The summed E-state index contributed by atoms with van der Waals surface area (Å²) in [5, 5.41) is 3.57. The molecule has 0 amide bonds. The van der Waals surface area contributed by atoms with Crippen LogP contribution in [0.1, 0.15) is 39.5 Å². The van der Waals surface area contributed by atoms with E-state index in [4.69, 9.17) is 4.74 Å². The maximum atomic E-state index is 5.55. The third-order valence-corrected chi connectivity index (χ3v) is 5.31. The highest BCUT2D eigenvalue weighted by atomic mass is 16.5. The Morgan fingerprint density at radius 1 is 1.26 bits per heavy atom. The largest absolute Gasteiger partial charge is 0.380 e. The maximum Gasteiger partial charge on any atom is 0.0698 e. The third kappa shape index (κ3) is 3.93. The molecule has 2 aliphatic rings. The molecule has 0 bridgehead atoms. The van der Waals surface area contributed by atoms with Crippen LogP contribution in [-0.4, -0.2) is 50.8 Å². The maximum absolute atomic E-state index is 5.55. The van der Waals surface area contributed by atoms with E-state index in [0.29, 0.717) is 12.1 Å². The number of nitrogens with zero attached hydrogens (tertiary/aromatic N) is 1. The minimum Gasteiger partial charge on any atom is -0.380 e. The van der Waals surface area contributed by atoms with Crippen LogP contribution in [0.25, 0.3) is 0 Å². The lowest BCUT2D eigenvalue weighted by Gasteiger charge is -2.43. The second-order valence-electron chi connectivity index (χ2n) is 6.87. The van der Waals surface area contributed by atoms with Gasteiger partial charge in [0.2, 0.25) is 0 Å². The molecule has 0 spiro atoms. The second kappa shape index (κ2) is 7.05. The van der Waals surface area contributed by atoms with Gasteiger partial charge in [0.05, 0.1) is 6.10 Å². The molecule has 1 N–H and O–H groups in total. The zero-order valence-corrected chi connectivity index (χ0v) is 13.2. The molecule has 2 fully saturated rings. The number of rotatable bonds is 4. The standard InChI is InChI=1S/C16H32N2O/c1-12-8-13(2)15(16(9-12)17-3)11-18-7-5-6-14(10-18)19-4/h12-17H,5-11H2,1-4H3. The van der Waals surface area contributed by atoms with Crippen molar-refractivity contribution < 1.29 is 4.74 Å². The molecule has 1 saturated carbocycles. The van der Waals surface area contributed by atoms with Crippen LogP contribution in [0.3, 0.4) is 0 Å². The summed E-state index contributed by atoms with van der Waals surface area (Å²) in [6.07, 6.45) is 5.72. The minimum absolute atomic E-state index is 0.458. The second-order valence-corrected chi connectivity index (χ2v) is 6.87. The smallest absolute Gasteiger partial charge is 0.0698 e. The first-order chi connectivity index (χ1) is 9.13. The average Bonchev–Trinajstić information content (AvgIpc) is 2.41. The number of hydrogen-bond donors (Lipinski definition) is 1. The van der Waals surface area contributed by atoms with Crippen molar-refractivity contribution in [3.8, 4) is 0 Å². The SMILES string of the molecule is CNC1CC(C)CC(C)C1CN1CCCC(OC)C1. The molecule has 3 heteroatoms. The van der Waals surface area contributed by atoms with Crippen LogP contribution in [0.2, 0.25) is 0 Å². The lowest BCUT2D eigenvalue weighted by molar-refractivity contribution is 0.0128. The summed E-state index contributed by atoms with van der Waals surface area (Å²) in [4.78, 5) is 2.64. The van der Waals surface area contributed by atoms with Gasteiger partial charge in [-0.2, -0.15) is 0 Å². The van der Waals surface area contributed by atoms with E-state index in [-0.39, 0.29) is 0 Å². The number of piperidine rings is 1. The molecule has 5 unspecified atom stereocenters. The number of hydrogen-bond acceptors (Lipinski definition) is 3. The number of ether oxygens (including phenoxy) is 1. The van der Waals surface area contributed by atoms with Gasteiger partial charge in [-0.3, -0.25) is 0 Å². The Hall–Kier alpha value is -0.120. The lowest BCUT2D eigenvalue weighted by Crippen LogP contribution is -2.50. The van der Waals surface area contributed by atoms with Crippen LogP contribution in [0, 0.1) is 17.8 Å². The molecule has 0 aromatic carbocycles. The first-order valence-corrected chi connectivity index (χ1v) is 8.06. The van der Waals surface area contributed by atoms with Crippen molar-refractivity contribution in [2.75, 3.05) is 33.8 Å². The monoisotopic (exact) mass is 268 g/mol. The van der Waals surface area contributed by atoms with Gasteiger partial charge in [0, 0.05) is 26.2 Å². The molecule has 19 heavy (non-hydrogen) atoms. The Balaban J connectivity index is 1.92. The highest BCUT2D eigenvalue weighted by Crippen LogP contribution is 2.34. The topological polar surface area (TPSA) is 24.5 Å². The van der Waals surface area contributed by atoms with E-state index in [1.54, 1.807) is 0 Å². The van der Waals surface area contributed by atoms with Gasteiger partial charge in [0.1, 0.15) is 0 Å². The van der Waals surface area contributed by atoms with Gasteiger partial charge in [-0.1, -0.05) is 13.8 Å². The van der Waals surface area contributed by atoms with Gasteiger partial charge in [0.15, 0.2) is 0 Å². The van der Waals surface area contributed by atoms with E-state index in [1.165, 1.54) is 38.8 Å². The van der Waals surface area contributed by atoms with Crippen LogP contribution in [0.5, 0.6) is 0 Å². The van der Waals surface area contributed by atoms with Crippen molar-refractivity contribution in [2.45, 2.75) is 51.7 Å². The van der Waals surface area contributed by atoms with E-state index >= 15 is 0 Å². The summed E-state index contributed by atoms with van der Waals surface area (Å²) in [7, 11) is 3.99. The van der Waals surface area contributed by atoms with Crippen LogP contribution < -0.4 is 5.32 Å². The molecule has 1 saturated heterocycles.